The summed E-state index contributed by atoms with van der Waals surface area (Å²) >= 11 is 0. The lowest BCUT2D eigenvalue weighted by atomic mass is 9.74. The maximum Gasteiger partial charge on any atom is 0.411 e. The van der Waals surface area contributed by atoms with Crippen LogP contribution in [-0.2, 0) is 11.3 Å². The van der Waals surface area contributed by atoms with Gasteiger partial charge < -0.3 is 14.6 Å². The largest absolute Gasteiger partial charge is 0.445 e. The van der Waals surface area contributed by atoms with Crippen molar-refractivity contribution in [1.29, 1.82) is 0 Å². The Morgan fingerprint density at radius 3 is 2.71 bits per heavy atom. The number of aromatic nitrogens is 1. The molecule has 3 heterocycles. The number of amidine groups is 1. The predicted molar refractivity (Wildman–Crippen MR) is 114 cm³/mol. The Morgan fingerprint density at radius 2 is 2.03 bits per heavy atom. The summed E-state index contributed by atoms with van der Waals surface area (Å²) in [5.74, 6) is -1.93. The first-order valence-corrected chi connectivity index (χ1v) is 10.1. The normalized spacial score (nSPS) is 22.9. The number of benzene rings is 1. The molecule has 2 aliphatic heterocycles. The molecule has 1 amide bonds. The van der Waals surface area contributed by atoms with Gasteiger partial charge in [-0.15, -0.1) is 0 Å². The van der Waals surface area contributed by atoms with Crippen LogP contribution >= 0.6 is 0 Å². The highest BCUT2D eigenvalue weighted by Crippen LogP contribution is 2.50. The third kappa shape index (κ3) is 3.58. The van der Waals surface area contributed by atoms with Crippen molar-refractivity contribution in [2.45, 2.75) is 30.9 Å². The number of piperidine rings is 1. The third-order valence-electron chi connectivity index (χ3n) is 6.09. The lowest BCUT2D eigenvalue weighted by Gasteiger charge is -2.60. The number of nitrogens with one attached hydrogen (secondary N) is 1. The number of amides is 1. The van der Waals surface area contributed by atoms with Crippen LogP contribution in [0, 0.1) is 0 Å². The van der Waals surface area contributed by atoms with Crippen molar-refractivity contribution in [2.24, 2.45) is 9.98 Å². The van der Waals surface area contributed by atoms with Gasteiger partial charge in [0.25, 0.3) is 5.92 Å². The monoisotopic (exact) mass is 429 g/mol. The molecule has 9 heteroatoms. The maximum atomic E-state index is 14.9. The molecule has 0 bridgehead atoms. The highest BCUT2D eigenvalue weighted by atomic mass is 19.3. The minimum Gasteiger partial charge on any atom is -0.445 e. The number of H-pyrrole nitrogens is 1. The molecule has 164 valence electrons. The molecular formula is C22H25F2N5O2. The number of likely N-dealkylation sites (tertiary alicyclic amines) is 2. The summed E-state index contributed by atoms with van der Waals surface area (Å²) in [6.07, 6.45) is 1.68. The first-order chi connectivity index (χ1) is 14.9. The smallest absolute Gasteiger partial charge is 0.411 e. The topological polar surface area (TPSA) is 73.3 Å². The number of rotatable bonds is 4. The molecule has 2 aliphatic rings. The van der Waals surface area contributed by atoms with Crippen LogP contribution in [0.5, 0.6) is 0 Å². The molecule has 2 aromatic rings. The molecule has 0 saturated carbocycles. The average molecular weight is 429 g/mol. The van der Waals surface area contributed by atoms with Crippen LogP contribution in [0.3, 0.4) is 0 Å². The number of halogens is 2. The van der Waals surface area contributed by atoms with Crippen LogP contribution in [0.2, 0.25) is 0 Å². The molecule has 0 radical (unpaired) electrons. The van der Waals surface area contributed by atoms with Gasteiger partial charge in [-0.3, -0.25) is 9.89 Å². The van der Waals surface area contributed by atoms with Crippen molar-refractivity contribution in [3.8, 4) is 0 Å². The van der Waals surface area contributed by atoms with E-state index in [-0.39, 0.29) is 19.6 Å². The van der Waals surface area contributed by atoms with Crippen molar-refractivity contribution in [1.82, 2.24) is 14.8 Å². The van der Waals surface area contributed by atoms with Crippen LogP contribution in [0.1, 0.15) is 24.0 Å². The molecule has 1 unspecified atom stereocenters. The summed E-state index contributed by atoms with van der Waals surface area (Å²) in [5, 5.41) is 0. The first kappa shape index (κ1) is 21.0. The van der Waals surface area contributed by atoms with Gasteiger partial charge in [-0.05, 0) is 31.2 Å². The van der Waals surface area contributed by atoms with Crippen molar-refractivity contribution in [2.75, 3.05) is 26.7 Å². The Hall–Kier alpha value is -3.23. The highest BCUT2D eigenvalue weighted by molar-refractivity contribution is 6.02. The molecule has 4 rings (SSSR count). The first-order valence-electron chi connectivity index (χ1n) is 10.1. The number of hydrogen-bond acceptors (Lipinski definition) is 4. The fraction of sp³-hybridized carbons (Fsp3) is 0.409. The maximum absolute atomic E-state index is 14.9. The number of aliphatic imine (C=N–C) groups is 2. The number of hydrogen-bond donors (Lipinski definition) is 1. The van der Waals surface area contributed by atoms with Gasteiger partial charge in [0.05, 0.1) is 12.1 Å². The number of carbonyl (C=O) groups excluding carboxylic acids is 1. The number of carbonyl (C=O) groups is 1. The summed E-state index contributed by atoms with van der Waals surface area (Å²) in [5.41, 5.74) is -0.122. The fourth-order valence-corrected chi connectivity index (χ4v) is 4.48. The Kier molecular flexibility index (Phi) is 5.51. The van der Waals surface area contributed by atoms with Gasteiger partial charge in [0.15, 0.2) is 0 Å². The summed E-state index contributed by atoms with van der Waals surface area (Å²) in [6, 6.07) is 11.0. The molecule has 1 aromatic heterocycles. The van der Waals surface area contributed by atoms with E-state index in [4.69, 9.17) is 4.74 Å². The quantitative estimate of drug-likeness (QED) is 0.593. The van der Waals surface area contributed by atoms with Gasteiger partial charge in [0.2, 0.25) is 0 Å². The van der Waals surface area contributed by atoms with Gasteiger partial charge in [-0.2, -0.15) is 0 Å². The Morgan fingerprint density at radius 1 is 1.26 bits per heavy atom. The molecule has 1 spiro atoms. The minimum atomic E-state index is -3.01. The van der Waals surface area contributed by atoms with Crippen LogP contribution in [0.4, 0.5) is 19.4 Å². The van der Waals surface area contributed by atoms with Crippen LogP contribution < -0.4 is 0 Å². The number of alkyl halides is 2. The zero-order chi connectivity index (χ0) is 22.1. The van der Waals surface area contributed by atoms with E-state index in [2.05, 4.69) is 21.7 Å². The Labute approximate surface area is 179 Å². The molecule has 1 atom stereocenters. The lowest BCUT2D eigenvalue weighted by molar-refractivity contribution is -0.243. The van der Waals surface area contributed by atoms with E-state index in [1.807, 2.05) is 30.3 Å². The van der Waals surface area contributed by atoms with Gasteiger partial charge >= 0.3 is 6.09 Å². The Balaban J connectivity index is 1.54. The summed E-state index contributed by atoms with van der Waals surface area (Å²) in [6.45, 7) is 3.46. The second-order valence-electron chi connectivity index (χ2n) is 7.83. The zero-order valence-electron chi connectivity index (χ0n) is 17.4. The van der Waals surface area contributed by atoms with Gasteiger partial charge in [0, 0.05) is 26.3 Å². The molecule has 1 N–H and O–H groups in total. The molecule has 31 heavy (non-hydrogen) atoms. The third-order valence-corrected chi connectivity index (χ3v) is 6.09. The van der Waals surface area contributed by atoms with E-state index in [0.29, 0.717) is 30.2 Å². The number of aromatic amines is 1. The van der Waals surface area contributed by atoms with Gasteiger partial charge in [-0.1, -0.05) is 30.3 Å². The van der Waals surface area contributed by atoms with Gasteiger partial charge in [-0.25, -0.2) is 18.6 Å². The SMILES string of the molecule is C=Nc1[nH]ccc1C(=NC)N1CCCC2(C1)N(C(=O)OCc1ccccc1)CC2(F)F. The van der Waals surface area contributed by atoms with E-state index in [0.717, 1.165) is 5.56 Å². The van der Waals surface area contributed by atoms with E-state index >= 15 is 0 Å². The average Bonchev–Trinajstić information content (AvgIpc) is 3.26. The summed E-state index contributed by atoms with van der Waals surface area (Å²) in [7, 11) is 1.61. The van der Waals surface area contributed by atoms with E-state index in [1.54, 1.807) is 24.2 Å². The Bertz CT molecular complexity index is 991. The van der Waals surface area contributed by atoms with E-state index in [9.17, 15) is 13.6 Å². The van der Waals surface area contributed by atoms with Crippen molar-refractivity contribution in [3.05, 3.63) is 53.7 Å². The van der Waals surface area contributed by atoms with Crippen LogP contribution in [0.15, 0.2) is 52.6 Å². The summed E-state index contributed by atoms with van der Waals surface area (Å²) < 4.78 is 35.2. The molecular weight excluding hydrogens is 404 g/mol. The molecule has 0 aliphatic carbocycles. The second kappa shape index (κ2) is 8.13. The highest BCUT2D eigenvalue weighted by Gasteiger charge is 2.70. The number of nitrogens with zero attached hydrogens (tertiary/aromatic N) is 4. The van der Waals surface area contributed by atoms with Crippen molar-refractivity contribution in [3.63, 3.8) is 0 Å². The zero-order valence-corrected chi connectivity index (χ0v) is 17.4. The minimum absolute atomic E-state index is 0.0329. The van der Waals surface area contributed by atoms with Crippen molar-refractivity contribution >= 4 is 24.5 Å². The van der Waals surface area contributed by atoms with E-state index < -0.39 is 24.1 Å². The molecule has 7 nitrogen and oxygen atoms in total. The molecule has 1 aromatic carbocycles. The second-order valence-corrected chi connectivity index (χ2v) is 7.83. The molecule has 2 saturated heterocycles. The van der Waals surface area contributed by atoms with Crippen LogP contribution in [0.25, 0.3) is 0 Å². The summed E-state index contributed by atoms with van der Waals surface area (Å²) in [4.78, 5) is 26.9. The van der Waals surface area contributed by atoms with Crippen LogP contribution in [-0.4, -0.2) is 71.6 Å². The van der Waals surface area contributed by atoms with E-state index in [1.165, 1.54) is 4.90 Å². The standard InChI is InChI=1S/C22H25F2N5O2/c1-25-18-17(9-11-27-18)19(26-2)28-12-6-10-21(14-28)22(23,24)15-29(21)20(30)31-13-16-7-4-3-5-8-16/h3-5,7-9,11,27H,1,6,10,12-15H2,2H3. The fourth-order valence-electron chi connectivity index (χ4n) is 4.48. The lowest BCUT2D eigenvalue weighted by Crippen LogP contribution is -2.80. The predicted octanol–water partition coefficient (Wildman–Crippen LogP) is 3.85. The van der Waals surface area contributed by atoms with Gasteiger partial charge in [0.1, 0.15) is 23.8 Å². The number of ether oxygens (including phenoxy) is 1. The van der Waals surface area contributed by atoms with Crippen molar-refractivity contribution < 1.29 is 18.3 Å². The molecule has 2 fully saturated rings.